The van der Waals surface area contributed by atoms with Crippen LogP contribution in [0.15, 0.2) is 24.3 Å². The van der Waals surface area contributed by atoms with Crippen LogP contribution in [-0.2, 0) is 7.05 Å². The molecule has 0 bridgehead atoms. The zero-order valence-electron chi connectivity index (χ0n) is 10.6. The number of aromatic nitrogens is 2. The Labute approximate surface area is 110 Å². The molecule has 0 aliphatic carbocycles. The highest BCUT2D eigenvalue weighted by atomic mass is 16.2. The molecule has 0 atom stereocenters. The molecule has 0 saturated heterocycles. The lowest BCUT2D eigenvalue weighted by Gasteiger charge is -2.06. The third-order valence-corrected chi connectivity index (χ3v) is 2.76. The van der Waals surface area contributed by atoms with Crippen LogP contribution in [0.3, 0.4) is 0 Å². The van der Waals surface area contributed by atoms with Gasteiger partial charge < -0.3 is 11.1 Å². The Morgan fingerprint density at radius 2 is 2.05 bits per heavy atom. The second-order valence-corrected chi connectivity index (χ2v) is 4.11. The fourth-order valence-corrected chi connectivity index (χ4v) is 1.76. The minimum absolute atomic E-state index is 0.321. The Bertz CT molecular complexity index is 664. The zero-order valence-corrected chi connectivity index (χ0v) is 10.6. The average Bonchev–Trinajstić information content (AvgIpc) is 2.64. The zero-order chi connectivity index (χ0) is 14.0. The van der Waals surface area contributed by atoms with Crippen molar-refractivity contribution in [3.05, 3.63) is 41.2 Å². The van der Waals surface area contributed by atoms with Gasteiger partial charge in [0.1, 0.15) is 5.69 Å². The molecule has 0 unspecified atom stereocenters. The van der Waals surface area contributed by atoms with Crippen molar-refractivity contribution in [2.75, 3.05) is 11.1 Å². The molecule has 0 aliphatic heterocycles. The SMILES string of the molecule is Cc1nn(C)c(C(=O)Nc2ccc(C#N)cc2)c1N. The maximum atomic E-state index is 12.1. The minimum atomic E-state index is -0.328. The number of nitrogens with two attached hydrogens (primary N) is 1. The standard InChI is InChI=1S/C13H13N5O/c1-8-11(15)12(18(2)17-8)13(19)16-10-5-3-9(7-14)4-6-10/h3-6H,15H2,1-2H3,(H,16,19). The lowest BCUT2D eigenvalue weighted by Crippen LogP contribution is -2.17. The molecule has 1 aromatic heterocycles. The molecule has 3 N–H and O–H groups in total. The molecule has 19 heavy (non-hydrogen) atoms. The van der Waals surface area contributed by atoms with Crippen LogP contribution in [0.4, 0.5) is 11.4 Å². The number of aryl methyl sites for hydroxylation is 2. The highest BCUT2D eigenvalue weighted by molar-refractivity contribution is 6.06. The number of carbonyl (C=O) groups is 1. The third-order valence-electron chi connectivity index (χ3n) is 2.76. The molecule has 0 radical (unpaired) electrons. The first-order valence-corrected chi connectivity index (χ1v) is 5.63. The van der Waals surface area contributed by atoms with Crippen LogP contribution in [0.2, 0.25) is 0 Å². The molecule has 0 aliphatic rings. The molecule has 1 aromatic carbocycles. The van der Waals surface area contributed by atoms with Crippen molar-refractivity contribution in [2.45, 2.75) is 6.92 Å². The van der Waals surface area contributed by atoms with Crippen molar-refractivity contribution in [2.24, 2.45) is 7.05 Å². The van der Waals surface area contributed by atoms with E-state index < -0.39 is 0 Å². The van der Waals surface area contributed by atoms with E-state index in [0.717, 1.165) is 0 Å². The molecule has 6 nitrogen and oxygen atoms in total. The summed E-state index contributed by atoms with van der Waals surface area (Å²) in [7, 11) is 1.66. The summed E-state index contributed by atoms with van der Waals surface area (Å²) in [5, 5.41) is 15.5. The number of hydrogen-bond donors (Lipinski definition) is 2. The van der Waals surface area contributed by atoms with E-state index in [9.17, 15) is 4.79 Å². The molecular weight excluding hydrogens is 242 g/mol. The Kier molecular flexibility index (Phi) is 3.21. The molecule has 0 fully saturated rings. The molecule has 96 valence electrons. The van der Waals surface area contributed by atoms with Gasteiger partial charge >= 0.3 is 0 Å². The van der Waals surface area contributed by atoms with Crippen LogP contribution in [0.25, 0.3) is 0 Å². The monoisotopic (exact) mass is 255 g/mol. The highest BCUT2D eigenvalue weighted by Gasteiger charge is 2.17. The van der Waals surface area contributed by atoms with E-state index >= 15 is 0 Å². The van der Waals surface area contributed by atoms with E-state index in [1.54, 1.807) is 38.2 Å². The largest absolute Gasteiger partial charge is 0.395 e. The Hall–Kier alpha value is -2.81. The predicted octanol–water partition coefficient (Wildman–Crippen LogP) is 1.43. The summed E-state index contributed by atoms with van der Waals surface area (Å²) in [5.74, 6) is -0.328. The second-order valence-electron chi connectivity index (χ2n) is 4.11. The molecule has 0 spiro atoms. The van der Waals surface area contributed by atoms with Crippen molar-refractivity contribution in [1.29, 1.82) is 5.26 Å². The summed E-state index contributed by atoms with van der Waals surface area (Å²) >= 11 is 0. The third kappa shape index (κ3) is 2.40. The van der Waals surface area contributed by atoms with E-state index in [-0.39, 0.29) is 5.91 Å². The number of nitrogens with one attached hydrogen (secondary N) is 1. The lowest BCUT2D eigenvalue weighted by atomic mass is 10.2. The van der Waals surface area contributed by atoms with E-state index in [1.165, 1.54) is 4.68 Å². The lowest BCUT2D eigenvalue weighted by molar-refractivity contribution is 0.101. The number of amides is 1. The van der Waals surface area contributed by atoms with Gasteiger partial charge in [0.15, 0.2) is 0 Å². The molecular formula is C13H13N5O. The van der Waals surface area contributed by atoms with E-state index in [4.69, 9.17) is 11.0 Å². The normalized spacial score (nSPS) is 9.95. The van der Waals surface area contributed by atoms with Gasteiger partial charge in [0.05, 0.1) is 23.0 Å². The Morgan fingerprint density at radius 1 is 1.42 bits per heavy atom. The molecule has 2 aromatic rings. The number of nitrogens with zero attached hydrogens (tertiary/aromatic N) is 3. The summed E-state index contributed by atoms with van der Waals surface area (Å²) in [4.78, 5) is 12.1. The minimum Gasteiger partial charge on any atom is -0.395 e. The van der Waals surface area contributed by atoms with Crippen molar-refractivity contribution >= 4 is 17.3 Å². The molecule has 1 heterocycles. The topological polar surface area (TPSA) is 96.7 Å². The number of carbonyl (C=O) groups excluding carboxylic acids is 1. The van der Waals surface area contributed by atoms with E-state index in [0.29, 0.717) is 28.3 Å². The molecule has 1 amide bonds. The second kappa shape index (κ2) is 4.82. The fourth-order valence-electron chi connectivity index (χ4n) is 1.76. The van der Waals surface area contributed by atoms with Crippen LogP contribution < -0.4 is 11.1 Å². The number of hydrogen-bond acceptors (Lipinski definition) is 4. The first-order valence-electron chi connectivity index (χ1n) is 5.63. The van der Waals surface area contributed by atoms with Gasteiger partial charge in [0, 0.05) is 12.7 Å². The Balaban J connectivity index is 2.23. The van der Waals surface area contributed by atoms with E-state index in [2.05, 4.69) is 10.4 Å². The van der Waals surface area contributed by atoms with Crippen molar-refractivity contribution in [3.63, 3.8) is 0 Å². The van der Waals surface area contributed by atoms with Crippen molar-refractivity contribution in [3.8, 4) is 6.07 Å². The Morgan fingerprint density at radius 3 is 2.53 bits per heavy atom. The van der Waals surface area contributed by atoms with Gasteiger partial charge in [-0.05, 0) is 31.2 Å². The summed E-state index contributed by atoms with van der Waals surface area (Å²) in [5.41, 5.74) is 8.26. The average molecular weight is 255 g/mol. The summed E-state index contributed by atoms with van der Waals surface area (Å²) in [6.45, 7) is 1.74. The predicted molar refractivity (Wildman–Crippen MR) is 71.5 cm³/mol. The number of nitriles is 1. The number of nitrogen functional groups attached to an aromatic ring is 1. The smallest absolute Gasteiger partial charge is 0.276 e. The van der Waals surface area contributed by atoms with Crippen LogP contribution >= 0.6 is 0 Å². The first kappa shape index (κ1) is 12.6. The fraction of sp³-hybridized carbons (Fsp3) is 0.154. The van der Waals surface area contributed by atoms with Crippen molar-refractivity contribution < 1.29 is 4.79 Å². The van der Waals surface area contributed by atoms with Gasteiger partial charge in [-0.3, -0.25) is 9.48 Å². The van der Waals surface area contributed by atoms with Gasteiger partial charge in [-0.15, -0.1) is 0 Å². The van der Waals surface area contributed by atoms with Gasteiger partial charge in [-0.25, -0.2) is 0 Å². The van der Waals surface area contributed by atoms with Gasteiger partial charge in [-0.2, -0.15) is 10.4 Å². The maximum absolute atomic E-state index is 12.1. The van der Waals surface area contributed by atoms with E-state index in [1.807, 2.05) is 6.07 Å². The summed E-state index contributed by atoms with van der Waals surface area (Å²) in [6.07, 6.45) is 0. The number of anilines is 2. The van der Waals surface area contributed by atoms with Crippen molar-refractivity contribution in [1.82, 2.24) is 9.78 Å². The first-order chi connectivity index (χ1) is 9.02. The quantitative estimate of drug-likeness (QED) is 0.848. The van der Waals surface area contributed by atoms with Crippen LogP contribution in [0.1, 0.15) is 21.7 Å². The van der Waals surface area contributed by atoms with Gasteiger partial charge in [0.25, 0.3) is 5.91 Å². The maximum Gasteiger partial charge on any atom is 0.276 e. The van der Waals surface area contributed by atoms with Crippen LogP contribution in [0.5, 0.6) is 0 Å². The molecule has 6 heteroatoms. The summed E-state index contributed by atoms with van der Waals surface area (Å²) < 4.78 is 1.45. The number of benzene rings is 1. The number of rotatable bonds is 2. The highest BCUT2D eigenvalue weighted by Crippen LogP contribution is 2.17. The molecule has 0 saturated carbocycles. The van der Waals surface area contributed by atoms with Crippen LogP contribution in [0, 0.1) is 18.3 Å². The molecule has 2 rings (SSSR count). The van der Waals surface area contributed by atoms with Crippen LogP contribution in [-0.4, -0.2) is 15.7 Å². The summed E-state index contributed by atoms with van der Waals surface area (Å²) in [6, 6.07) is 8.60. The van der Waals surface area contributed by atoms with Gasteiger partial charge in [0.2, 0.25) is 0 Å². The van der Waals surface area contributed by atoms with Gasteiger partial charge in [-0.1, -0.05) is 0 Å².